The molecular formula is C13H6F5NO5S. The minimum Gasteiger partial charge on any atom is -0.371 e. The van der Waals surface area contributed by atoms with Crippen LogP contribution in [0.1, 0.15) is 5.56 Å². The van der Waals surface area contributed by atoms with E-state index >= 15 is 0 Å². The van der Waals surface area contributed by atoms with Crippen molar-refractivity contribution >= 4 is 15.8 Å². The van der Waals surface area contributed by atoms with Gasteiger partial charge in [-0.1, -0.05) is 0 Å². The van der Waals surface area contributed by atoms with Gasteiger partial charge < -0.3 is 4.18 Å². The summed E-state index contributed by atoms with van der Waals surface area (Å²) in [7, 11) is -5.25. The number of hydrogen-bond acceptors (Lipinski definition) is 5. The van der Waals surface area contributed by atoms with Gasteiger partial charge in [-0.2, -0.15) is 21.6 Å². The van der Waals surface area contributed by atoms with Crippen molar-refractivity contribution in [2.45, 2.75) is 11.1 Å². The van der Waals surface area contributed by atoms with E-state index in [1.165, 1.54) is 0 Å². The summed E-state index contributed by atoms with van der Waals surface area (Å²) in [4.78, 5) is 8.19. The molecule has 12 heteroatoms. The summed E-state index contributed by atoms with van der Waals surface area (Å²) < 4.78 is 93.1. The fourth-order valence-electron chi connectivity index (χ4n) is 1.74. The lowest BCUT2D eigenvalue weighted by Crippen LogP contribution is -2.15. The van der Waals surface area contributed by atoms with Gasteiger partial charge in [-0.3, -0.25) is 10.1 Å². The summed E-state index contributed by atoms with van der Waals surface area (Å²) in [5.41, 5.74) is -2.46. The third kappa shape index (κ3) is 4.02. The van der Waals surface area contributed by atoms with Crippen LogP contribution in [0, 0.1) is 21.7 Å². The lowest BCUT2D eigenvalue weighted by atomic mass is 10.2. The first-order valence-electron chi connectivity index (χ1n) is 6.17. The highest BCUT2D eigenvalue weighted by molar-refractivity contribution is 7.87. The number of halogens is 5. The summed E-state index contributed by atoms with van der Waals surface area (Å²) >= 11 is 0. The van der Waals surface area contributed by atoms with Crippen molar-refractivity contribution in [3.05, 3.63) is 63.7 Å². The molecule has 2 aromatic carbocycles. The van der Waals surface area contributed by atoms with Crippen LogP contribution in [0.3, 0.4) is 0 Å². The van der Waals surface area contributed by atoms with Crippen LogP contribution in [0.5, 0.6) is 5.75 Å². The highest BCUT2D eigenvalue weighted by atomic mass is 32.2. The molecule has 2 aromatic rings. The molecule has 0 aromatic heterocycles. The van der Waals surface area contributed by atoms with Gasteiger partial charge in [0, 0.05) is 12.1 Å². The lowest BCUT2D eigenvalue weighted by Gasteiger charge is -2.11. The quantitative estimate of drug-likeness (QED) is 0.348. The molecule has 0 unspecified atom stereocenters. The van der Waals surface area contributed by atoms with E-state index in [4.69, 9.17) is 0 Å². The first-order valence-corrected chi connectivity index (χ1v) is 7.58. The van der Waals surface area contributed by atoms with Crippen LogP contribution in [0.4, 0.5) is 27.6 Å². The normalized spacial score (nSPS) is 12.0. The van der Waals surface area contributed by atoms with Gasteiger partial charge in [0.1, 0.15) is 16.5 Å². The molecule has 0 aliphatic heterocycles. The van der Waals surface area contributed by atoms with Crippen LogP contribution < -0.4 is 4.18 Å². The van der Waals surface area contributed by atoms with Crippen molar-refractivity contribution in [1.82, 2.24) is 0 Å². The molecule has 0 spiro atoms. The van der Waals surface area contributed by atoms with Crippen molar-refractivity contribution in [3.63, 3.8) is 0 Å². The van der Waals surface area contributed by atoms with Crippen LogP contribution in [-0.4, -0.2) is 13.3 Å². The summed E-state index contributed by atoms with van der Waals surface area (Å²) in [6, 6.07) is 2.08. The molecule has 0 saturated carbocycles. The van der Waals surface area contributed by atoms with Gasteiger partial charge in [0.15, 0.2) is 0 Å². The lowest BCUT2D eigenvalue weighted by molar-refractivity contribution is -0.385. The van der Waals surface area contributed by atoms with Crippen molar-refractivity contribution in [1.29, 1.82) is 0 Å². The van der Waals surface area contributed by atoms with E-state index < -0.39 is 54.7 Å². The first-order chi connectivity index (χ1) is 11.4. The third-order valence-electron chi connectivity index (χ3n) is 2.85. The van der Waals surface area contributed by atoms with Gasteiger partial charge >= 0.3 is 22.0 Å². The average molecular weight is 383 g/mol. The molecule has 6 nitrogen and oxygen atoms in total. The van der Waals surface area contributed by atoms with Crippen LogP contribution in [0.2, 0.25) is 0 Å². The Morgan fingerprint density at radius 2 is 1.68 bits per heavy atom. The van der Waals surface area contributed by atoms with E-state index in [0.29, 0.717) is 24.3 Å². The molecule has 25 heavy (non-hydrogen) atoms. The van der Waals surface area contributed by atoms with Crippen LogP contribution >= 0.6 is 0 Å². The average Bonchev–Trinajstić information content (AvgIpc) is 2.45. The van der Waals surface area contributed by atoms with E-state index in [0.717, 1.165) is 0 Å². The largest absolute Gasteiger partial charge is 0.416 e. The van der Waals surface area contributed by atoms with Crippen LogP contribution in [-0.2, 0) is 16.3 Å². The molecule has 0 amide bonds. The molecule has 0 fully saturated rings. The second kappa shape index (κ2) is 6.27. The maximum atomic E-state index is 13.7. The van der Waals surface area contributed by atoms with Gasteiger partial charge in [0.25, 0.3) is 0 Å². The Kier molecular flexibility index (Phi) is 4.66. The molecule has 0 atom stereocenters. The van der Waals surface area contributed by atoms with E-state index in [-0.39, 0.29) is 12.1 Å². The van der Waals surface area contributed by atoms with E-state index in [2.05, 4.69) is 4.18 Å². The molecule has 2 rings (SSSR count). The molecule has 0 radical (unpaired) electrons. The smallest absolute Gasteiger partial charge is 0.371 e. The standard InChI is InChI=1S/C13H6F5NO5S/c14-8-2-4-10(19(20)21)11(6-8)24-25(22,23)12-5-7(13(16,17)18)1-3-9(12)15/h1-6H. The minimum absolute atomic E-state index is 0.0319. The maximum absolute atomic E-state index is 13.7. The highest BCUT2D eigenvalue weighted by Crippen LogP contribution is 2.34. The molecule has 0 heterocycles. The Hall–Kier alpha value is -2.76. The molecule has 0 aliphatic rings. The van der Waals surface area contributed by atoms with Gasteiger partial charge in [-0.05, 0) is 24.3 Å². The second-order valence-corrected chi connectivity index (χ2v) is 6.06. The summed E-state index contributed by atoms with van der Waals surface area (Å²) in [6.45, 7) is 0. The summed E-state index contributed by atoms with van der Waals surface area (Å²) in [5, 5.41) is 10.8. The number of rotatable bonds is 4. The predicted octanol–water partition coefficient (Wildman–Crippen LogP) is 3.66. The van der Waals surface area contributed by atoms with Gasteiger partial charge in [0.2, 0.25) is 5.75 Å². The molecule has 0 bridgehead atoms. The number of hydrogen-bond donors (Lipinski definition) is 0. The number of nitro benzene ring substituents is 1. The molecular weight excluding hydrogens is 377 g/mol. The zero-order valence-corrected chi connectivity index (χ0v) is 12.6. The summed E-state index contributed by atoms with van der Waals surface area (Å²) in [6.07, 6.45) is -4.97. The predicted molar refractivity (Wildman–Crippen MR) is 72.3 cm³/mol. The number of nitrogens with zero attached hydrogens (tertiary/aromatic N) is 1. The Morgan fingerprint density at radius 3 is 2.24 bits per heavy atom. The SMILES string of the molecule is O=[N+]([O-])c1ccc(F)cc1OS(=O)(=O)c1cc(C(F)(F)F)ccc1F. The van der Waals surface area contributed by atoms with E-state index in [1.807, 2.05) is 0 Å². The Bertz CT molecular complexity index is 942. The molecule has 134 valence electrons. The zero-order valence-electron chi connectivity index (χ0n) is 11.8. The Balaban J connectivity index is 2.55. The zero-order chi connectivity index (χ0) is 19.0. The van der Waals surface area contributed by atoms with Crippen molar-refractivity contribution in [2.24, 2.45) is 0 Å². The number of alkyl halides is 3. The second-order valence-electron chi connectivity index (χ2n) is 4.55. The number of nitro groups is 1. The van der Waals surface area contributed by atoms with Gasteiger partial charge in [0.05, 0.1) is 10.5 Å². The molecule has 0 saturated heterocycles. The van der Waals surface area contributed by atoms with Crippen molar-refractivity contribution in [2.75, 3.05) is 0 Å². The van der Waals surface area contributed by atoms with Gasteiger partial charge in [-0.15, -0.1) is 0 Å². The van der Waals surface area contributed by atoms with Crippen molar-refractivity contribution < 1.29 is 39.5 Å². The Labute approximate surface area is 136 Å². The fraction of sp³-hybridized carbons (Fsp3) is 0.0769. The Morgan fingerprint density at radius 1 is 1.04 bits per heavy atom. The molecule has 0 N–H and O–H groups in total. The fourth-order valence-corrected chi connectivity index (χ4v) is 2.78. The topological polar surface area (TPSA) is 86.5 Å². The monoisotopic (exact) mass is 383 g/mol. The van der Waals surface area contributed by atoms with E-state index in [9.17, 15) is 40.5 Å². The minimum atomic E-state index is -5.25. The maximum Gasteiger partial charge on any atom is 0.416 e. The highest BCUT2D eigenvalue weighted by Gasteiger charge is 2.34. The molecule has 0 aliphatic carbocycles. The van der Waals surface area contributed by atoms with E-state index in [1.54, 1.807) is 0 Å². The van der Waals surface area contributed by atoms with Crippen molar-refractivity contribution in [3.8, 4) is 5.75 Å². The number of benzene rings is 2. The van der Waals surface area contributed by atoms with Gasteiger partial charge in [-0.25, -0.2) is 8.78 Å². The summed E-state index contributed by atoms with van der Waals surface area (Å²) in [5.74, 6) is -3.80. The third-order valence-corrected chi connectivity index (χ3v) is 4.10. The van der Waals surface area contributed by atoms with Crippen LogP contribution in [0.15, 0.2) is 41.3 Å². The van der Waals surface area contributed by atoms with Crippen LogP contribution in [0.25, 0.3) is 0 Å². The first kappa shape index (κ1) is 18.6.